The number of nitrogens with one attached hydrogen (secondary N) is 2. The van der Waals surface area contributed by atoms with Crippen molar-refractivity contribution in [3.63, 3.8) is 0 Å². The molecule has 0 aliphatic carbocycles. The minimum absolute atomic E-state index is 0.0227. The van der Waals surface area contributed by atoms with E-state index in [0.29, 0.717) is 5.82 Å². The molecule has 0 saturated carbocycles. The molecule has 1 aromatic carbocycles. The number of H-pyrrole nitrogens is 1. The van der Waals surface area contributed by atoms with Crippen molar-refractivity contribution in [1.29, 1.82) is 0 Å². The Labute approximate surface area is 105 Å². The van der Waals surface area contributed by atoms with Crippen molar-refractivity contribution >= 4 is 5.82 Å². The zero-order chi connectivity index (χ0) is 12.5. The van der Waals surface area contributed by atoms with Crippen LogP contribution in [0.25, 0.3) is 11.4 Å². The van der Waals surface area contributed by atoms with Gasteiger partial charge in [-0.05, 0) is 25.3 Å². The van der Waals surface area contributed by atoms with E-state index in [1.807, 2.05) is 31.2 Å². The molecule has 0 radical (unpaired) electrons. The number of aryl methyl sites for hydroxylation is 1. The molecule has 18 heavy (non-hydrogen) atoms. The Hall–Kier alpha value is -2.10. The highest BCUT2D eigenvalue weighted by Gasteiger charge is 2.16. The Morgan fingerprint density at radius 3 is 2.94 bits per heavy atom. The molecular formula is C14H15N3O. The molecule has 0 bridgehead atoms. The van der Waals surface area contributed by atoms with Gasteiger partial charge < -0.3 is 10.3 Å². The topological polar surface area (TPSA) is 57.8 Å². The minimum Gasteiger partial charge on any atom is -0.370 e. The first kappa shape index (κ1) is 11.0. The molecule has 1 aromatic heterocycles. The number of rotatable bonds is 1. The zero-order valence-corrected chi connectivity index (χ0v) is 10.3. The summed E-state index contributed by atoms with van der Waals surface area (Å²) in [6, 6.07) is 7.92. The SMILES string of the molecule is Cc1ccccc1-c1nc2c(c(=O)[nH]1)CCCN2. The molecule has 0 spiro atoms. The third kappa shape index (κ3) is 1.79. The Morgan fingerprint density at radius 2 is 2.11 bits per heavy atom. The molecule has 0 atom stereocenters. The molecule has 0 unspecified atom stereocenters. The van der Waals surface area contributed by atoms with Gasteiger partial charge in [0.2, 0.25) is 0 Å². The first-order valence-electron chi connectivity index (χ1n) is 6.19. The molecular weight excluding hydrogens is 226 g/mol. The summed E-state index contributed by atoms with van der Waals surface area (Å²) >= 11 is 0. The van der Waals surface area contributed by atoms with Gasteiger partial charge in [0.1, 0.15) is 11.6 Å². The molecule has 92 valence electrons. The van der Waals surface area contributed by atoms with Crippen LogP contribution >= 0.6 is 0 Å². The molecule has 4 heteroatoms. The van der Waals surface area contributed by atoms with E-state index >= 15 is 0 Å². The maximum absolute atomic E-state index is 12.0. The molecule has 0 fully saturated rings. The van der Waals surface area contributed by atoms with Crippen molar-refractivity contribution in [2.45, 2.75) is 19.8 Å². The number of fused-ring (bicyclic) bond motifs is 1. The monoisotopic (exact) mass is 241 g/mol. The summed E-state index contributed by atoms with van der Waals surface area (Å²) in [6.07, 6.45) is 1.79. The van der Waals surface area contributed by atoms with E-state index in [1.54, 1.807) is 0 Å². The average Bonchev–Trinajstić information content (AvgIpc) is 2.39. The molecule has 1 aliphatic rings. The average molecular weight is 241 g/mol. The van der Waals surface area contributed by atoms with Crippen LogP contribution < -0.4 is 10.9 Å². The summed E-state index contributed by atoms with van der Waals surface area (Å²) in [4.78, 5) is 19.5. The highest BCUT2D eigenvalue weighted by molar-refractivity contribution is 5.62. The molecule has 0 saturated heterocycles. The van der Waals surface area contributed by atoms with Gasteiger partial charge in [0.05, 0.1) is 5.56 Å². The van der Waals surface area contributed by atoms with Gasteiger partial charge in [-0.15, -0.1) is 0 Å². The van der Waals surface area contributed by atoms with Crippen LogP contribution in [-0.2, 0) is 6.42 Å². The Morgan fingerprint density at radius 1 is 1.28 bits per heavy atom. The highest BCUT2D eigenvalue weighted by Crippen LogP contribution is 2.22. The van der Waals surface area contributed by atoms with Crippen molar-refractivity contribution in [3.8, 4) is 11.4 Å². The van der Waals surface area contributed by atoms with Gasteiger partial charge >= 0.3 is 0 Å². The van der Waals surface area contributed by atoms with E-state index in [-0.39, 0.29) is 5.56 Å². The molecule has 4 nitrogen and oxygen atoms in total. The fraction of sp³-hybridized carbons (Fsp3) is 0.286. The van der Waals surface area contributed by atoms with Crippen LogP contribution in [0.3, 0.4) is 0 Å². The van der Waals surface area contributed by atoms with E-state index < -0.39 is 0 Å². The number of nitrogens with zero attached hydrogens (tertiary/aromatic N) is 1. The first-order valence-corrected chi connectivity index (χ1v) is 6.19. The lowest BCUT2D eigenvalue weighted by atomic mass is 10.1. The second-order valence-corrected chi connectivity index (χ2v) is 4.59. The smallest absolute Gasteiger partial charge is 0.256 e. The maximum atomic E-state index is 12.0. The van der Waals surface area contributed by atoms with Crippen LogP contribution in [0.4, 0.5) is 5.82 Å². The summed E-state index contributed by atoms with van der Waals surface area (Å²) in [5, 5.41) is 3.20. The predicted octanol–water partition coefficient (Wildman–Crippen LogP) is 2.10. The van der Waals surface area contributed by atoms with E-state index in [4.69, 9.17) is 0 Å². The van der Waals surface area contributed by atoms with Gasteiger partial charge in [-0.25, -0.2) is 4.98 Å². The zero-order valence-electron chi connectivity index (χ0n) is 10.3. The van der Waals surface area contributed by atoms with Gasteiger partial charge in [-0.1, -0.05) is 24.3 Å². The molecule has 1 aliphatic heterocycles. The van der Waals surface area contributed by atoms with Crippen LogP contribution in [0, 0.1) is 6.92 Å². The summed E-state index contributed by atoms with van der Waals surface area (Å²) in [5.41, 5.74) is 2.84. The Kier molecular flexibility index (Phi) is 2.63. The highest BCUT2D eigenvalue weighted by atomic mass is 16.1. The van der Waals surface area contributed by atoms with E-state index in [0.717, 1.165) is 41.9 Å². The van der Waals surface area contributed by atoms with Gasteiger partial charge in [-0.3, -0.25) is 4.79 Å². The first-order chi connectivity index (χ1) is 8.75. The molecule has 3 rings (SSSR count). The van der Waals surface area contributed by atoms with Crippen LogP contribution in [-0.4, -0.2) is 16.5 Å². The van der Waals surface area contributed by atoms with Gasteiger partial charge in [-0.2, -0.15) is 0 Å². The third-order valence-electron chi connectivity index (χ3n) is 3.31. The van der Waals surface area contributed by atoms with Gasteiger partial charge in [0.25, 0.3) is 5.56 Å². The van der Waals surface area contributed by atoms with E-state index in [1.165, 1.54) is 0 Å². The van der Waals surface area contributed by atoms with Crippen LogP contribution in [0.5, 0.6) is 0 Å². The second kappa shape index (κ2) is 4.29. The van der Waals surface area contributed by atoms with Crippen LogP contribution in [0.2, 0.25) is 0 Å². The minimum atomic E-state index is -0.0227. The summed E-state index contributed by atoms with van der Waals surface area (Å²) in [7, 11) is 0. The number of aromatic nitrogens is 2. The Balaban J connectivity index is 2.17. The third-order valence-corrected chi connectivity index (χ3v) is 3.31. The van der Waals surface area contributed by atoms with Crippen molar-refractivity contribution in [2.24, 2.45) is 0 Å². The van der Waals surface area contributed by atoms with Crippen molar-refractivity contribution in [2.75, 3.05) is 11.9 Å². The lowest BCUT2D eigenvalue weighted by Crippen LogP contribution is -2.24. The predicted molar refractivity (Wildman–Crippen MR) is 71.8 cm³/mol. The maximum Gasteiger partial charge on any atom is 0.256 e. The number of hydrogen-bond donors (Lipinski definition) is 2. The molecule has 2 aromatic rings. The van der Waals surface area contributed by atoms with Crippen molar-refractivity contribution in [1.82, 2.24) is 9.97 Å². The summed E-state index contributed by atoms with van der Waals surface area (Å²) in [5.74, 6) is 1.38. The van der Waals surface area contributed by atoms with Crippen molar-refractivity contribution < 1.29 is 0 Å². The van der Waals surface area contributed by atoms with Gasteiger partial charge in [0, 0.05) is 12.1 Å². The summed E-state index contributed by atoms with van der Waals surface area (Å²) in [6.45, 7) is 2.90. The Bertz CT molecular complexity index is 646. The van der Waals surface area contributed by atoms with Crippen molar-refractivity contribution in [3.05, 3.63) is 45.7 Å². The fourth-order valence-electron chi connectivity index (χ4n) is 2.31. The lowest BCUT2D eigenvalue weighted by Gasteiger charge is -2.17. The van der Waals surface area contributed by atoms with E-state index in [2.05, 4.69) is 15.3 Å². The number of aromatic amines is 1. The standard InChI is InChI=1S/C14H15N3O/c1-9-5-2-3-6-10(9)13-16-12-11(14(18)17-13)7-4-8-15-12/h2-3,5-6H,4,7-8H2,1H3,(H2,15,16,17,18). The quantitative estimate of drug-likeness (QED) is 0.804. The summed E-state index contributed by atoms with van der Waals surface area (Å²) < 4.78 is 0. The van der Waals surface area contributed by atoms with Crippen LogP contribution in [0.15, 0.2) is 29.1 Å². The van der Waals surface area contributed by atoms with E-state index in [9.17, 15) is 4.79 Å². The molecule has 0 amide bonds. The lowest BCUT2D eigenvalue weighted by molar-refractivity contribution is 0.800. The largest absolute Gasteiger partial charge is 0.370 e. The molecule has 2 N–H and O–H groups in total. The molecule has 2 heterocycles. The normalized spacial score (nSPS) is 13.8. The number of hydrogen-bond acceptors (Lipinski definition) is 3. The van der Waals surface area contributed by atoms with Gasteiger partial charge in [0.15, 0.2) is 0 Å². The second-order valence-electron chi connectivity index (χ2n) is 4.59. The van der Waals surface area contributed by atoms with Crippen LogP contribution in [0.1, 0.15) is 17.5 Å². The number of benzene rings is 1. The number of anilines is 1. The fourth-order valence-corrected chi connectivity index (χ4v) is 2.31.